The van der Waals surface area contributed by atoms with Crippen LogP contribution >= 0.6 is 0 Å². The van der Waals surface area contributed by atoms with Crippen LogP contribution in [0.25, 0.3) is 0 Å². The van der Waals surface area contributed by atoms with Crippen molar-refractivity contribution in [3.63, 3.8) is 0 Å². The van der Waals surface area contributed by atoms with Gasteiger partial charge in [-0.3, -0.25) is 4.90 Å². The standard InChI is InChI=1S/C20H21NO4/c1-16(12-13-19(22)23)25-20(24)21(14-17-8-4-2-5-9-17)15-18-10-6-3-7-11-18/h2-13,16H,14-15H2,1H3,(H,22,23)/b13-12+. The lowest BCUT2D eigenvalue weighted by Gasteiger charge is -2.24. The van der Waals surface area contributed by atoms with E-state index < -0.39 is 18.2 Å². The molecule has 1 N–H and O–H groups in total. The van der Waals surface area contributed by atoms with E-state index in [2.05, 4.69) is 0 Å². The third kappa shape index (κ3) is 6.51. The molecule has 0 aliphatic rings. The van der Waals surface area contributed by atoms with Gasteiger partial charge in [-0.25, -0.2) is 9.59 Å². The molecule has 0 spiro atoms. The summed E-state index contributed by atoms with van der Waals surface area (Å²) in [6.45, 7) is 2.44. The second kappa shape index (κ2) is 9.27. The van der Waals surface area contributed by atoms with Gasteiger partial charge < -0.3 is 9.84 Å². The average molecular weight is 339 g/mol. The van der Waals surface area contributed by atoms with Crippen molar-refractivity contribution < 1.29 is 19.4 Å². The van der Waals surface area contributed by atoms with Crippen LogP contribution < -0.4 is 0 Å². The van der Waals surface area contributed by atoms with Gasteiger partial charge in [0.05, 0.1) is 0 Å². The van der Waals surface area contributed by atoms with Crippen LogP contribution in [0.15, 0.2) is 72.8 Å². The first kappa shape index (κ1) is 18.3. The minimum absolute atomic E-state index is 0.407. The molecule has 0 saturated carbocycles. The summed E-state index contributed by atoms with van der Waals surface area (Å²) in [7, 11) is 0. The zero-order chi connectivity index (χ0) is 18.1. The van der Waals surface area contributed by atoms with Gasteiger partial charge in [-0.2, -0.15) is 0 Å². The Morgan fingerprint density at radius 2 is 1.48 bits per heavy atom. The summed E-state index contributed by atoms with van der Waals surface area (Å²) in [5.41, 5.74) is 1.98. The number of nitrogens with zero attached hydrogens (tertiary/aromatic N) is 1. The molecule has 0 heterocycles. The molecule has 1 atom stereocenters. The highest BCUT2D eigenvalue weighted by Gasteiger charge is 2.18. The van der Waals surface area contributed by atoms with Gasteiger partial charge in [-0.15, -0.1) is 0 Å². The first-order valence-electron chi connectivity index (χ1n) is 7.99. The van der Waals surface area contributed by atoms with Crippen LogP contribution in [-0.2, 0) is 22.6 Å². The molecule has 1 amide bonds. The van der Waals surface area contributed by atoms with E-state index in [9.17, 15) is 9.59 Å². The SMILES string of the molecule is CC(/C=C/C(=O)O)OC(=O)N(Cc1ccccc1)Cc1ccccc1. The van der Waals surface area contributed by atoms with Crippen LogP contribution in [0.3, 0.4) is 0 Å². The predicted molar refractivity (Wildman–Crippen MR) is 94.8 cm³/mol. The van der Waals surface area contributed by atoms with Crippen LogP contribution in [0.2, 0.25) is 0 Å². The Morgan fingerprint density at radius 3 is 1.92 bits per heavy atom. The van der Waals surface area contributed by atoms with Crippen molar-refractivity contribution in [3.05, 3.63) is 83.9 Å². The maximum Gasteiger partial charge on any atom is 0.410 e. The maximum absolute atomic E-state index is 12.5. The van der Waals surface area contributed by atoms with Gasteiger partial charge in [0.1, 0.15) is 6.10 Å². The molecule has 2 rings (SSSR count). The molecule has 0 aliphatic carbocycles. The Labute approximate surface area is 147 Å². The summed E-state index contributed by atoms with van der Waals surface area (Å²) in [5, 5.41) is 8.66. The molecule has 0 aliphatic heterocycles. The summed E-state index contributed by atoms with van der Waals surface area (Å²) in [6, 6.07) is 19.3. The van der Waals surface area contributed by atoms with Gasteiger partial charge in [0.25, 0.3) is 0 Å². The molecule has 0 saturated heterocycles. The van der Waals surface area contributed by atoms with Crippen molar-refractivity contribution in [2.75, 3.05) is 0 Å². The molecule has 25 heavy (non-hydrogen) atoms. The highest BCUT2D eigenvalue weighted by molar-refractivity contribution is 5.79. The third-order valence-electron chi connectivity index (χ3n) is 3.49. The number of rotatable bonds is 7. The van der Waals surface area contributed by atoms with E-state index in [1.54, 1.807) is 11.8 Å². The summed E-state index contributed by atoms with van der Waals surface area (Å²) in [4.78, 5) is 24.7. The van der Waals surface area contributed by atoms with Crippen LogP contribution in [0.5, 0.6) is 0 Å². The molecule has 2 aromatic carbocycles. The minimum Gasteiger partial charge on any atom is -0.478 e. The molecular formula is C20H21NO4. The Kier molecular flexibility index (Phi) is 6.77. The molecule has 2 aromatic rings. The number of ether oxygens (including phenoxy) is 1. The Hall–Kier alpha value is -3.08. The summed E-state index contributed by atoms with van der Waals surface area (Å²) in [5.74, 6) is -1.08. The summed E-state index contributed by atoms with van der Waals surface area (Å²) >= 11 is 0. The fourth-order valence-corrected chi connectivity index (χ4v) is 2.28. The van der Waals surface area contributed by atoms with Crippen molar-refractivity contribution in [1.29, 1.82) is 0 Å². The second-order valence-electron chi connectivity index (χ2n) is 5.61. The van der Waals surface area contributed by atoms with Gasteiger partial charge >= 0.3 is 12.1 Å². The minimum atomic E-state index is -1.08. The molecule has 0 bridgehead atoms. The van der Waals surface area contributed by atoms with Gasteiger partial charge in [0.15, 0.2) is 0 Å². The number of aliphatic carboxylic acids is 1. The summed E-state index contributed by atoms with van der Waals surface area (Å²) in [6.07, 6.45) is 1.19. The van der Waals surface area contributed by atoms with Crippen LogP contribution in [0.4, 0.5) is 4.79 Å². The van der Waals surface area contributed by atoms with E-state index in [1.165, 1.54) is 6.08 Å². The Morgan fingerprint density at radius 1 is 1.00 bits per heavy atom. The number of carboxylic acid groups (broad SMARTS) is 1. The number of hydrogen-bond donors (Lipinski definition) is 1. The average Bonchev–Trinajstić information content (AvgIpc) is 2.61. The molecule has 5 heteroatoms. The Balaban J connectivity index is 2.09. The first-order chi connectivity index (χ1) is 12.0. The molecule has 0 fully saturated rings. The number of carbonyl (C=O) groups is 2. The lowest BCUT2D eigenvalue weighted by atomic mass is 10.2. The third-order valence-corrected chi connectivity index (χ3v) is 3.49. The van der Waals surface area contributed by atoms with Crippen molar-refractivity contribution in [2.45, 2.75) is 26.1 Å². The molecule has 130 valence electrons. The number of hydrogen-bond acceptors (Lipinski definition) is 3. The molecule has 0 aromatic heterocycles. The second-order valence-corrected chi connectivity index (χ2v) is 5.61. The van der Waals surface area contributed by atoms with E-state index in [0.29, 0.717) is 13.1 Å². The molecule has 1 unspecified atom stereocenters. The van der Waals surface area contributed by atoms with Crippen molar-refractivity contribution in [1.82, 2.24) is 4.90 Å². The number of carbonyl (C=O) groups excluding carboxylic acids is 1. The maximum atomic E-state index is 12.5. The van der Waals surface area contributed by atoms with Gasteiger partial charge in [0, 0.05) is 19.2 Å². The van der Waals surface area contributed by atoms with Crippen LogP contribution in [0.1, 0.15) is 18.1 Å². The molecule has 0 radical (unpaired) electrons. The van der Waals surface area contributed by atoms with Crippen molar-refractivity contribution in [2.24, 2.45) is 0 Å². The van der Waals surface area contributed by atoms with E-state index in [4.69, 9.17) is 9.84 Å². The fraction of sp³-hybridized carbons (Fsp3) is 0.200. The number of carboxylic acids is 1. The smallest absolute Gasteiger partial charge is 0.410 e. The van der Waals surface area contributed by atoms with Gasteiger partial charge in [-0.1, -0.05) is 60.7 Å². The highest BCUT2D eigenvalue weighted by Crippen LogP contribution is 2.12. The van der Waals surface area contributed by atoms with E-state index in [1.807, 2.05) is 60.7 Å². The normalized spacial score (nSPS) is 11.9. The van der Waals surface area contributed by atoms with Crippen molar-refractivity contribution in [3.8, 4) is 0 Å². The largest absolute Gasteiger partial charge is 0.478 e. The quantitative estimate of drug-likeness (QED) is 0.778. The summed E-state index contributed by atoms with van der Waals surface area (Å²) < 4.78 is 5.34. The monoisotopic (exact) mass is 339 g/mol. The zero-order valence-electron chi connectivity index (χ0n) is 14.0. The number of amides is 1. The lowest BCUT2D eigenvalue weighted by Crippen LogP contribution is -2.32. The van der Waals surface area contributed by atoms with Gasteiger partial charge in [-0.05, 0) is 24.1 Å². The number of benzene rings is 2. The van der Waals surface area contributed by atoms with Crippen LogP contribution in [-0.4, -0.2) is 28.2 Å². The fourth-order valence-electron chi connectivity index (χ4n) is 2.28. The van der Waals surface area contributed by atoms with Crippen LogP contribution in [0, 0.1) is 0 Å². The molecule has 5 nitrogen and oxygen atoms in total. The van der Waals surface area contributed by atoms with E-state index in [0.717, 1.165) is 17.2 Å². The zero-order valence-corrected chi connectivity index (χ0v) is 14.0. The van der Waals surface area contributed by atoms with E-state index in [-0.39, 0.29) is 0 Å². The predicted octanol–water partition coefficient (Wildman–Crippen LogP) is 3.85. The highest BCUT2D eigenvalue weighted by atomic mass is 16.6. The lowest BCUT2D eigenvalue weighted by molar-refractivity contribution is -0.131. The van der Waals surface area contributed by atoms with Gasteiger partial charge in [0.2, 0.25) is 0 Å². The first-order valence-corrected chi connectivity index (χ1v) is 7.99. The topological polar surface area (TPSA) is 66.8 Å². The van der Waals surface area contributed by atoms with Crippen molar-refractivity contribution >= 4 is 12.1 Å². The molecular weight excluding hydrogens is 318 g/mol. The van der Waals surface area contributed by atoms with E-state index >= 15 is 0 Å². The Bertz CT molecular complexity index is 671.